The second-order valence-electron chi connectivity index (χ2n) is 2.28. The van der Waals surface area contributed by atoms with E-state index >= 15 is 0 Å². The van der Waals surface area contributed by atoms with Crippen LogP contribution in [-0.2, 0) is 0 Å². The molecular weight excluding hydrogens is 155 g/mol. The van der Waals surface area contributed by atoms with Crippen molar-refractivity contribution in [1.29, 1.82) is 0 Å². The van der Waals surface area contributed by atoms with Gasteiger partial charge in [-0.2, -0.15) is 5.10 Å². The topological polar surface area (TPSA) is 78.8 Å². The molecule has 0 aliphatic rings. The Kier molecular flexibility index (Phi) is 2.84. The van der Waals surface area contributed by atoms with Crippen LogP contribution in [0.3, 0.4) is 0 Å². The van der Waals surface area contributed by atoms with Crippen molar-refractivity contribution in [3.63, 3.8) is 0 Å². The summed E-state index contributed by atoms with van der Waals surface area (Å²) < 4.78 is 0. The Balaban J connectivity index is 3.08. The molecule has 5 heteroatoms. The van der Waals surface area contributed by atoms with Crippen LogP contribution in [0.4, 0.5) is 0 Å². The molecule has 4 nitrogen and oxygen atoms in total. The van der Waals surface area contributed by atoms with E-state index in [2.05, 4.69) is 5.10 Å². The van der Waals surface area contributed by atoms with Crippen LogP contribution < -0.4 is 11.3 Å². The van der Waals surface area contributed by atoms with Gasteiger partial charge in [0.05, 0.1) is 6.21 Å². The minimum atomic E-state index is -1.49. The first-order chi connectivity index (χ1) is 5.75. The fourth-order valence-electron chi connectivity index (χ4n) is 0.944. The first-order valence-electron chi connectivity index (χ1n) is 3.44. The van der Waals surface area contributed by atoms with E-state index < -0.39 is 7.12 Å². The number of hydrogen-bond donors (Lipinski definition) is 3. The van der Waals surface area contributed by atoms with Gasteiger partial charge in [0.1, 0.15) is 0 Å². The second kappa shape index (κ2) is 3.89. The van der Waals surface area contributed by atoms with Gasteiger partial charge in [-0.15, -0.1) is 0 Å². The Morgan fingerprint density at radius 3 is 2.58 bits per heavy atom. The summed E-state index contributed by atoms with van der Waals surface area (Å²) in [5.74, 6) is 4.94. The lowest BCUT2D eigenvalue weighted by Crippen LogP contribution is -2.32. The maximum absolute atomic E-state index is 8.88. The van der Waals surface area contributed by atoms with Gasteiger partial charge < -0.3 is 15.9 Å². The summed E-state index contributed by atoms with van der Waals surface area (Å²) in [4.78, 5) is 0. The van der Waals surface area contributed by atoms with E-state index in [1.54, 1.807) is 24.3 Å². The number of nitrogens with zero attached hydrogens (tertiary/aromatic N) is 1. The third kappa shape index (κ3) is 1.84. The smallest absolute Gasteiger partial charge is 0.423 e. The van der Waals surface area contributed by atoms with Crippen molar-refractivity contribution >= 4 is 18.8 Å². The van der Waals surface area contributed by atoms with Gasteiger partial charge >= 0.3 is 7.12 Å². The summed E-state index contributed by atoms with van der Waals surface area (Å²) in [7, 11) is -1.49. The fourth-order valence-corrected chi connectivity index (χ4v) is 0.944. The number of rotatable bonds is 2. The number of hydrogen-bond acceptors (Lipinski definition) is 4. The van der Waals surface area contributed by atoms with Crippen molar-refractivity contribution in [3.8, 4) is 0 Å². The molecular formula is C7H9BN2O2. The van der Waals surface area contributed by atoms with Crippen LogP contribution in [0.5, 0.6) is 0 Å². The molecule has 4 N–H and O–H groups in total. The molecule has 0 aromatic heterocycles. The lowest BCUT2D eigenvalue weighted by atomic mass is 9.77. The van der Waals surface area contributed by atoms with E-state index in [1.165, 1.54) is 6.21 Å². The average molecular weight is 164 g/mol. The SMILES string of the molecule is N/N=C/c1ccccc1B(O)O. The summed E-state index contributed by atoms with van der Waals surface area (Å²) in [6.45, 7) is 0. The highest BCUT2D eigenvalue weighted by Gasteiger charge is 2.13. The quantitative estimate of drug-likeness (QED) is 0.219. The molecule has 12 heavy (non-hydrogen) atoms. The van der Waals surface area contributed by atoms with Crippen molar-refractivity contribution in [2.24, 2.45) is 10.9 Å². The molecule has 1 rings (SSSR count). The number of nitrogens with two attached hydrogens (primary N) is 1. The zero-order valence-electron chi connectivity index (χ0n) is 6.38. The zero-order chi connectivity index (χ0) is 8.97. The predicted octanol–water partition coefficient (Wildman–Crippen LogP) is -1.34. The third-order valence-corrected chi connectivity index (χ3v) is 1.49. The Bertz CT molecular complexity index is 288. The van der Waals surface area contributed by atoms with Crippen LogP contribution in [0.25, 0.3) is 0 Å². The Labute approximate surface area is 70.5 Å². The van der Waals surface area contributed by atoms with Crippen LogP contribution in [-0.4, -0.2) is 23.4 Å². The van der Waals surface area contributed by atoms with E-state index in [9.17, 15) is 0 Å². The van der Waals surface area contributed by atoms with Gasteiger partial charge in [-0.05, 0) is 11.0 Å². The standard InChI is InChI=1S/C7H9BN2O2/c9-10-5-6-3-1-2-4-7(6)8(11)12/h1-5,11-12H,9H2/b10-5+. The lowest BCUT2D eigenvalue weighted by Gasteiger charge is -2.01. The van der Waals surface area contributed by atoms with E-state index in [1.807, 2.05) is 0 Å². The minimum absolute atomic E-state index is 0.395. The second-order valence-corrected chi connectivity index (χ2v) is 2.28. The lowest BCUT2D eigenvalue weighted by molar-refractivity contribution is 0.425. The molecule has 0 aliphatic carbocycles. The summed E-state index contributed by atoms with van der Waals surface area (Å²) >= 11 is 0. The van der Waals surface area contributed by atoms with Crippen LogP contribution in [0.15, 0.2) is 29.4 Å². The largest absolute Gasteiger partial charge is 0.489 e. The van der Waals surface area contributed by atoms with E-state index in [4.69, 9.17) is 15.9 Å². The molecule has 0 heterocycles. The molecule has 0 saturated carbocycles. The summed E-state index contributed by atoms with van der Waals surface area (Å²) in [5, 5.41) is 21.1. The van der Waals surface area contributed by atoms with Gasteiger partial charge in [0.2, 0.25) is 0 Å². The molecule has 0 bridgehead atoms. The Morgan fingerprint density at radius 1 is 1.33 bits per heavy atom. The molecule has 0 radical (unpaired) electrons. The van der Waals surface area contributed by atoms with Gasteiger partial charge in [-0.25, -0.2) is 0 Å². The Hall–Kier alpha value is -1.33. The van der Waals surface area contributed by atoms with Crippen LogP contribution in [0.1, 0.15) is 5.56 Å². The molecule has 0 saturated heterocycles. The number of hydrazone groups is 1. The predicted molar refractivity (Wildman–Crippen MR) is 48.0 cm³/mol. The van der Waals surface area contributed by atoms with Crippen molar-refractivity contribution in [1.82, 2.24) is 0 Å². The van der Waals surface area contributed by atoms with Gasteiger partial charge in [0, 0.05) is 0 Å². The Morgan fingerprint density at radius 2 is 2.00 bits per heavy atom. The molecule has 0 amide bonds. The molecule has 0 fully saturated rings. The zero-order valence-corrected chi connectivity index (χ0v) is 6.38. The highest BCUT2D eigenvalue weighted by Crippen LogP contribution is 1.92. The van der Waals surface area contributed by atoms with Crippen LogP contribution >= 0.6 is 0 Å². The van der Waals surface area contributed by atoms with E-state index in [-0.39, 0.29) is 0 Å². The molecule has 1 aromatic carbocycles. The number of benzene rings is 1. The summed E-state index contributed by atoms with van der Waals surface area (Å²) in [6, 6.07) is 6.78. The van der Waals surface area contributed by atoms with Gasteiger partial charge in [-0.3, -0.25) is 0 Å². The fraction of sp³-hybridized carbons (Fsp3) is 0. The van der Waals surface area contributed by atoms with Gasteiger partial charge in [0.25, 0.3) is 0 Å². The van der Waals surface area contributed by atoms with Crippen molar-refractivity contribution in [2.75, 3.05) is 0 Å². The maximum atomic E-state index is 8.88. The summed E-state index contributed by atoms with van der Waals surface area (Å²) in [6.07, 6.45) is 1.37. The van der Waals surface area contributed by atoms with Gasteiger partial charge in [0.15, 0.2) is 0 Å². The van der Waals surface area contributed by atoms with Crippen molar-refractivity contribution in [2.45, 2.75) is 0 Å². The molecule has 0 spiro atoms. The highest BCUT2D eigenvalue weighted by atomic mass is 16.4. The monoisotopic (exact) mass is 164 g/mol. The van der Waals surface area contributed by atoms with E-state index in [0.717, 1.165) is 0 Å². The molecule has 0 atom stereocenters. The molecule has 1 aromatic rings. The molecule has 62 valence electrons. The highest BCUT2D eigenvalue weighted by molar-refractivity contribution is 6.60. The van der Waals surface area contributed by atoms with E-state index in [0.29, 0.717) is 11.0 Å². The maximum Gasteiger partial charge on any atom is 0.489 e. The van der Waals surface area contributed by atoms with Crippen molar-refractivity contribution < 1.29 is 10.0 Å². The van der Waals surface area contributed by atoms with Crippen LogP contribution in [0.2, 0.25) is 0 Å². The summed E-state index contributed by atoms with van der Waals surface area (Å²) in [5.41, 5.74) is 1.00. The van der Waals surface area contributed by atoms with Gasteiger partial charge in [-0.1, -0.05) is 24.3 Å². The first kappa shape index (κ1) is 8.77. The third-order valence-electron chi connectivity index (χ3n) is 1.49. The average Bonchev–Trinajstić information content (AvgIpc) is 2.05. The minimum Gasteiger partial charge on any atom is -0.423 e. The normalized spacial score (nSPS) is 10.5. The first-order valence-corrected chi connectivity index (χ1v) is 3.44. The van der Waals surface area contributed by atoms with Crippen molar-refractivity contribution in [3.05, 3.63) is 29.8 Å². The van der Waals surface area contributed by atoms with Crippen LogP contribution in [0, 0.1) is 0 Å². The molecule has 0 unspecified atom stereocenters. The molecule has 0 aliphatic heterocycles.